The summed E-state index contributed by atoms with van der Waals surface area (Å²) in [5.74, 6) is 6.20. The Morgan fingerprint density at radius 3 is 2.32 bits per heavy atom. The van der Waals surface area contributed by atoms with Crippen LogP contribution in [-0.4, -0.2) is 12.6 Å². The largest absolute Gasteiger partial charge is 0.462 e. The number of allylic oxidation sites excluding steroid dienone is 1. The van der Waals surface area contributed by atoms with Gasteiger partial charge in [-0.3, -0.25) is 0 Å². The number of fused-ring (bicyclic) bond motifs is 1. The summed E-state index contributed by atoms with van der Waals surface area (Å²) in [7, 11) is 0. The SMILES string of the molecule is CCOC(=O)c1ccc(C#Cc2ccc3c(c2)C(c2ccccc2)=CCC3(C)C)cc1. The number of carbonyl (C=O) groups is 1. The maximum Gasteiger partial charge on any atom is 0.338 e. The van der Waals surface area contributed by atoms with Crippen molar-refractivity contribution in [2.45, 2.75) is 32.6 Å². The maximum atomic E-state index is 11.8. The third kappa shape index (κ3) is 4.47. The molecular weight excluding hydrogens is 380 g/mol. The summed E-state index contributed by atoms with van der Waals surface area (Å²) in [4.78, 5) is 11.8. The zero-order chi connectivity index (χ0) is 21.8. The second-order valence-electron chi connectivity index (χ2n) is 8.38. The van der Waals surface area contributed by atoms with Gasteiger partial charge in [-0.05, 0) is 77.4 Å². The van der Waals surface area contributed by atoms with Crippen LogP contribution >= 0.6 is 0 Å². The minimum Gasteiger partial charge on any atom is -0.462 e. The molecule has 0 radical (unpaired) electrons. The zero-order valence-corrected chi connectivity index (χ0v) is 18.2. The molecule has 2 nitrogen and oxygen atoms in total. The van der Waals surface area contributed by atoms with E-state index < -0.39 is 0 Å². The molecular formula is C29H26O2. The Labute approximate surface area is 184 Å². The highest BCUT2D eigenvalue weighted by Crippen LogP contribution is 2.41. The van der Waals surface area contributed by atoms with Crippen LogP contribution in [0.4, 0.5) is 0 Å². The monoisotopic (exact) mass is 406 g/mol. The number of hydrogen-bond acceptors (Lipinski definition) is 2. The highest BCUT2D eigenvalue weighted by Gasteiger charge is 2.28. The first-order valence-corrected chi connectivity index (χ1v) is 10.7. The highest BCUT2D eigenvalue weighted by molar-refractivity contribution is 5.89. The summed E-state index contributed by atoms with van der Waals surface area (Å²) in [6, 6.07) is 24.3. The van der Waals surface area contributed by atoms with E-state index >= 15 is 0 Å². The van der Waals surface area contributed by atoms with Gasteiger partial charge >= 0.3 is 5.97 Å². The van der Waals surface area contributed by atoms with Crippen molar-refractivity contribution >= 4 is 11.5 Å². The molecule has 1 aliphatic rings. The summed E-state index contributed by atoms with van der Waals surface area (Å²) in [6.45, 7) is 6.76. The molecule has 0 spiro atoms. The fraction of sp³-hybridized carbons (Fsp3) is 0.207. The van der Waals surface area contributed by atoms with E-state index in [1.807, 2.05) is 18.2 Å². The molecule has 31 heavy (non-hydrogen) atoms. The molecule has 0 fully saturated rings. The van der Waals surface area contributed by atoms with E-state index in [2.05, 4.69) is 74.2 Å². The minimum atomic E-state index is -0.306. The first kappa shape index (κ1) is 20.7. The van der Waals surface area contributed by atoms with Crippen LogP contribution in [-0.2, 0) is 10.2 Å². The number of rotatable bonds is 3. The van der Waals surface area contributed by atoms with Crippen LogP contribution in [0.1, 0.15) is 65.4 Å². The summed E-state index contributed by atoms with van der Waals surface area (Å²) in [5, 5.41) is 0. The Kier molecular flexibility index (Phi) is 5.78. The average molecular weight is 407 g/mol. The van der Waals surface area contributed by atoms with Gasteiger partial charge in [-0.25, -0.2) is 4.79 Å². The molecule has 0 amide bonds. The van der Waals surface area contributed by atoms with Gasteiger partial charge in [0.15, 0.2) is 0 Å². The van der Waals surface area contributed by atoms with Gasteiger partial charge in [-0.1, -0.05) is 68.2 Å². The van der Waals surface area contributed by atoms with Crippen LogP contribution in [0.3, 0.4) is 0 Å². The molecule has 0 saturated heterocycles. The van der Waals surface area contributed by atoms with Gasteiger partial charge in [0.2, 0.25) is 0 Å². The fourth-order valence-electron chi connectivity index (χ4n) is 3.95. The standard InChI is InChI=1S/C29H26O2/c1-4-31-28(30)24-15-12-21(13-16-24)10-11-22-14-17-27-26(20-22)25(18-19-29(27,2)3)23-8-6-5-7-9-23/h5-9,12-18,20H,4,19H2,1-3H3. The number of hydrogen-bond donors (Lipinski definition) is 0. The highest BCUT2D eigenvalue weighted by atomic mass is 16.5. The van der Waals surface area contributed by atoms with Crippen molar-refractivity contribution < 1.29 is 9.53 Å². The lowest BCUT2D eigenvalue weighted by Crippen LogP contribution is -2.21. The molecule has 1 aliphatic carbocycles. The zero-order valence-electron chi connectivity index (χ0n) is 18.2. The molecule has 0 N–H and O–H groups in total. The average Bonchev–Trinajstić information content (AvgIpc) is 2.79. The molecule has 0 unspecified atom stereocenters. The lowest BCUT2D eigenvalue weighted by Gasteiger charge is -2.32. The van der Waals surface area contributed by atoms with Gasteiger partial charge in [0.05, 0.1) is 12.2 Å². The molecule has 3 aromatic carbocycles. The van der Waals surface area contributed by atoms with E-state index in [0.717, 1.165) is 17.5 Å². The summed E-state index contributed by atoms with van der Waals surface area (Å²) >= 11 is 0. The maximum absolute atomic E-state index is 11.8. The predicted molar refractivity (Wildman–Crippen MR) is 126 cm³/mol. The summed E-state index contributed by atoms with van der Waals surface area (Å²) < 4.78 is 5.03. The Balaban J connectivity index is 1.66. The molecule has 0 aromatic heterocycles. The smallest absolute Gasteiger partial charge is 0.338 e. The topological polar surface area (TPSA) is 26.3 Å². The van der Waals surface area contributed by atoms with E-state index in [1.54, 1.807) is 19.1 Å². The van der Waals surface area contributed by atoms with Crippen LogP contribution in [0.2, 0.25) is 0 Å². The molecule has 0 heterocycles. The third-order valence-corrected chi connectivity index (χ3v) is 5.69. The van der Waals surface area contributed by atoms with Crippen molar-refractivity contribution in [3.05, 3.63) is 112 Å². The van der Waals surface area contributed by atoms with Crippen molar-refractivity contribution in [3.8, 4) is 11.8 Å². The molecule has 154 valence electrons. The Morgan fingerprint density at radius 2 is 1.61 bits per heavy atom. The van der Waals surface area contributed by atoms with Gasteiger partial charge in [-0.15, -0.1) is 0 Å². The predicted octanol–water partition coefficient (Wildman–Crippen LogP) is 6.38. The van der Waals surface area contributed by atoms with Gasteiger partial charge in [0.1, 0.15) is 0 Å². The number of benzene rings is 3. The first-order valence-electron chi connectivity index (χ1n) is 10.7. The van der Waals surface area contributed by atoms with Crippen LogP contribution in [0, 0.1) is 11.8 Å². The lowest BCUT2D eigenvalue weighted by molar-refractivity contribution is 0.0526. The third-order valence-electron chi connectivity index (χ3n) is 5.69. The number of ether oxygens (including phenoxy) is 1. The van der Waals surface area contributed by atoms with Crippen LogP contribution in [0.15, 0.2) is 78.9 Å². The van der Waals surface area contributed by atoms with Crippen molar-refractivity contribution in [2.75, 3.05) is 6.61 Å². The van der Waals surface area contributed by atoms with Crippen molar-refractivity contribution in [1.29, 1.82) is 0 Å². The van der Waals surface area contributed by atoms with Gasteiger partial charge < -0.3 is 4.74 Å². The van der Waals surface area contributed by atoms with E-state index in [1.165, 1.54) is 22.3 Å². The number of esters is 1. The van der Waals surface area contributed by atoms with Gasteiger partial charge in [0.25, 0.3) is 0 Å². The second-order valence-corrected chi connectivity index (χ2v) is 8.38. The molecule has 0 atom stereocenters. The van der Waals surface area contributed by atoms with E-state index in [-0.39, 0.29) is 11.4 Å². The molecule has 2 heteroatoms. The molecule has 0 bridgehead atoms. The van der Waals surface area contributed by atoms with Crippen molar-refractivity contribution in [3.63, 3.8) is 0 Å². The van der Waals surface area contributed by atoms with Crippen molar-refractivity contribution in [1.82, 2.24) is 0 Å². The Hall–Kier alpha value is -3.57. The molecule has 0 saturated carbocycles. The van der Waals surface area contributed by atoms with Crippen LogP contribution in [0.25, 0.3) is 5.57 Å². The minimum absolute atomic E-state index is 0.0997. The fourth-order valence-corrected chi connectivity index (χ4v) is 3.95. The van der Waals surface area contributed by atoms with E-state index in [9.17, 15) is 4.79 Å². The summed E-state index contributed by atoms with van der Waals surface area (Å²) in [6.07, 6.45) is 3.37. The molecule has 4 rings (SSSR count). The lowest BCUT2D eigenvalue weighted by atomic mass is 9.72. The molecule has 3 aromatic rings. The Bertz CT molecular complexity index is 1190. The summed E-state index contributed by atoms with van der Waals surface area (Å²) in [5.41, 5.74) is 7.61. The quantitative estimate of drug-likeness (QED) is 0.373. The normalized spacial score (nSPS) is 14.0. The first-order chi connectivity index (χ1) is 15.0. The number of carbonyl (C=O) groups excluding carboxylic acids is 1. The second kappa shape index (κ2) is 8.66. The van der Waals surface area contributed by atoms with Crippen LogP contribution in [0.5, 0.6) is 0 Å². The van der Waals surface area contributed by atoms with E-state index in [0.29, 0.717) is 12.2 Å². The van der Waals surface area contributed by atoms with E-state index in [4.69, 9.17) is 4.74 Å². The van der Waals surface area contributed by atoms with Crippen LogP contribution < -0.4 is 0 Å². The van der Waals surface area contributed by atoms with Gasteiger partial charge in [0, 0.05) is 11.1 Å². The Morgan fingerprint density at radius 1 is 0.935 bits per heavy atom. The van der Waals surface area contributed by atoms with Crippen molar-refractivity contribution in [2.24, 2.45) is 0 Å². The molecule has 0 aliphatic heterocycles. The van der Waals surface area contributed by atoms with Gasteiger partial charge in [-0.2, -0.15) is 0 Å².